The van der Waals surface area contributed by atoms with Crippen molar-refractivity contribution in [1.29, 1.82) is 0 Å². The van der Waals surface area contributed by atoms with Crippen LogP contribution in [0.25, 0.3) is 17.0 Å². The van der Waals surface area contributed by atoms with E-state index in [1.165, 1.54) is 12.1 Å². The maximum Gasteiger partial charge on any atom is 0.258 e. The summed E-state index contributed by atoms with van der Waals surface area (Å²) in [6.07, 6.45) is 0. The second-order valence-electron chi connectivity index (χ2n) is 8.10. The molecule has 4 aromatic rings. The summed E-state index contributed by atoms with van der Waals surface area (Å²) in [5.74, 6) is 1.58. The van der Waals surface area contributed by atoms with Crippen LogP contribution in [0.1, 0.15) is 24.4 Å². The maximum atomic E-state index is 13.8. The van der Waals surface area contributed by atoms with Gasteiger partial charge in [-0.05, 0) is 49.0 Å². The summed E-state index contributed by atoms with van der Waals surface area (Å²) in [5, 5.41) is 8.07. The minimum Gasteiger partial charge on any atom is -0.454 e. The first-order valence-corrected chi connectivity index (χ1v) is 11.4. The monoisotopic (exact) mass is 486 g/mol. The number of fused-ring (bicyclic) bond motifs is 1. The lowest BCUT2D eigenvalue weighted by atomic mass is 9.94. The van der Waals surface area contributed by atoms with Crippen LogP contribution in [0.2, 0.25) is 0 Å². The number of benzene rings is 3. The molecule has 9 heteroatoms. The Hall–Kier alpha value is -4.24. The molecule has 0 amide bonds. The first-order valence-electron chi connectivity index (χ1n) is 10.9. The average Bonchev–Trinajstić information content (AvgIpc) is 3.54. The predicted molar refractivity (Wildman–Crippen MR) is 132 cm³/mol. The van der Waals surface area contributed by atoms with Gasteiger partial charge in [-0.1, -0.05) is 47.6 Å². The minimum absolute atomic E-state index is 0.183. The third-order valence-corrected chi connectivity index (χ3v) is 6.27. The Bertz CT molecular complexity index is 1470. The van der Waals surface area contributed by atoms with Gasteiger partial charge >= 0.3 is 0 Å². The molecule has 0 aliphatic carbocycles. The number of aromatic nitrogens is 2. The molecule has 6 rings (SSSR count). The first kappa shape index (κ1) is 21.3. The van der Waals surface area contributed by atoms with E-state index < -0.39 is 0 Å². The molecule has 7 nitrogen and oxygen atoms in total. The normalized spacial score (nSPS) is 17.0. The van der Waals surface area contributed by atoms with E-state index in [1.54, 1.807) is 12.1 Å². The molecule has 1 N–H and O–H groups in total. The van der Waals surface area contributed by atoms with Crippen molar-refractivity contribution < 1.29 is 18.4 Å². The molecule has 0 saturated carbocycles. The molecule has 35 heavy (non-hydrogen) atoms. The quantitative estimate of drug-likeness (QED) is 0.381. The minimum atomic E-state index is -0.370. The highest BCUT2D eigenvalue weighted by Gasteiger charge is 2.35. The van der Waals surface area contributed by atoms with Crippen LogP contribution < -0.4 is 19.7 Å². The summed E-state index contributed by atoms with van der Waals surface area (Å²) in [4.78, 5) is 6.53. The van der Waals surface area contributed by atoms with Crippen LogP contribution in [0.4, 0.5) is 10.1 Å². The highest BCUT2D eigenvalue weighted by Crippen LogP contribution is 2.42. The number of nitrogens with zero attached hydrogens (tertiary/aromatic N) is 3. The van der Waals surface area contributed by atoms with E-state index in [4.69, 9.17) is 26.2 Å². The van der Waals surface area contributed by atoms with Gasteiger partial charge in [-0.3, -0.25) is 4.90 Å². The second-order valence-corrected chi connectivity index (χ2v) is 8.49. The number of thiocarbonyl (C=S) groups is 1. The van der Waals surface area contributed by atoms with E-state index in [0.29, 0.717) is 33.9 Å². The van der Waals surface area contributed by atoms with Crippen LogP contribution in [0.5, 0.6) is 11.5 Å². The van der Waals surface area contributed by atoms with Gasteiger partial charge in [0.05, 0.1) is 17.3 Å². The lowest BCUT2D eigenvalue weighted by Gasteiger charge is -2.37. The number of hydrogen-bond donors (Lipinski definition) is 1. The fraction of sp³-hybridized carbons (Fsp3) is 0.115. The number of anilines is 1. The van der Waals surface area contributed by atoms with E-state index in [0.717, 1.165) is 22.5 Å². The van der Waals surface area contributed by atoms with Gasteiger partial charge < -0.3 is 19.3 Å². The summed E-state index contributed by atoms with van der Waals surface area (Å²) >= 11 is 5.79. The smallest absolute Gasteiger partial charge is 0.258 e. The molecule has 1 aromatic heterocycles. The van der Waals surface area contributed by atoms with Crippen LogP contribution in [0.15, 0.2) is 83.0 Å². The molecule has 0 bridgehead atoms. The maximum absolute atomic E-state index is 13.8. The van der Waals surface area contributed by atoms with Gasteiger partial charge in [0.25, 0.3) is 5.89 Å². The van der Waals surface area contributed by atoms with Gasteiger partial charge in [0.2, 0.25) is 12.6 Å². The molecule has 3 heterocycles. The fourth-order valence-electron chi connectivity index (χ4n) is 4.33. The number of nitrogens with one attached hydrogen (secondary N) is 1. The number of rotatable bonds is 4. The van der Waals surface area contributed by atoms with Gasteiger partial charge in [-0.25, -0.2) is 4.39 Å². The molecular formula is C26H19FN4O3S. The number of halogens is 1. The summed E-state index contributed by atoms with van der Waals surface area (Å²) in [6, 6.07) is 21.3. The lowest BCUT2D eigenvalue weighted by Crippen LogP contribution is -2.46. The van der Waals surface area contributed by atoms with Crippen molar-refractivity contribution in [3.63, 3.8) is 0 Å². The largest absolute Gasteiger partial charge is 0.454 e. The molecule has 0 radical (unpaired) electrons. The number of allylic oxidation sites excluding steroid dienone is 1. The lowest BCUT2D eigenvalue weighted by molar-refractivity contribution is 0.174. The van der Waals surface area contributed by atoms with Gasteiger partial charge in [0.15, 0.2) is 16.6 Å². The van der Waals surface area contributed by atoms with E-state index in [1.807, 2.05) is 60.4 Å². The standard InChI is InChI=1S/C26H19FN4O3S/c1-15-22(25-29-24(30-34-25)17-8-5-9-18(27)12-17)23(16-6-3-2-4-7-16)28-26(35)31(15)19-10-11-20-21(13-19)33-14-32-20/h2-13,23H,14H2,1H3,(H,28,35). The highest BCUT2D eigenvalue weighted by molar-refractivity contribution is 7.80. The predicted octanol–water partition coefficient (Wildman–Crippen LogP) is 5.47. The third-order valence-electron chi connectivity index (χ3n) is 5.97. The molecular weight excluding hydrogens is 467 g/mol. The van der Waals surface area contributed by atoms with Crippen molar-refractivity contribution in [3.05, 3.63) is 95.8 Å². The molecule has 0 fully saturated rings. The van der Waals surface area contributed by atoms with E-state index in [9.17, 15) is 4.39 Å². The van der Waals surface area contributed by atoms with Crippen molar-refractivity contribution >= 4 is 28.6 Å². The van der Waals surface area contributed by atoms with Crippen molar-refractivity contribution in [2.45, 2.75) is 13.0 Å². The van der Waals surface area contributed by atoms with Gasteiger partial charge in [0.1, 0.15) is 5.82 Å². The van der Waals surface area contributed by atoms with Crippen LogP contribution >= 0.6 is 12.2 Å². The molecule has 1 atom stereocenters. The number of hydrogen-bond acceptors (Lipinski definition) is 6. The van der Waals surface area contributed by atoms with Gasteiger partial charge in [0, 0.05) is 17.3 Å². The Morgan fingerprint density at radius 3 is 2.66 bits per heavy atom. The van der Waals surface area contributed by atoms with E-state index >= 15 is 0 Å². The Morgan fingerprint density at radius 1 is 1.00 bits per heavy atom. The summed E-state index contributed by atoms with van der Waals surface area (Å²) in [7, 11) is 0. The SMILES string of the molecule is CC1=C(c2nc(-c3cccc(F)c3)no2)C(c2ccccc2)NC(=S)N1c1ccc2c(c1)OCO2. The van der Waals surface area contributed by atoms with Crippen LogP contribution in [0.3, 0.4) is 0 Å². The van der Waals surface area contributed by atoms with Crippen LogP contribution in [-0.2, 0) is 0 Å². The Balaban J connectivity index is 1.49. The average molecular weight is 487 g/mol. The van der Waals surface area contributed by atoms with Crippen LogP contribution in [-0.4, -0.2) is 22.0 Å². The second kappa shape index (κ2) is 8.52. The molecule has 2 aliphatic rings. The molecule has 2 aliphatic heterocycles. The van der Waals surface area contributed by atoms with Crippen molar-refractivity contribution in [2.24, 2.45) is 0 Å². The zero-order valence-electron chi connectivity index (χ0n) is 18.6. The first-order chi connectivity index (χ1) is 17.1. The van der Waals surface area contributed by atoms with Crippen molar-refractivity contribution in [3.8, 4) is 22.9 Å². The Morgan fingerprint density at radius 2 is 1.83 bits per heavy atom. The molecule has 1 unspecified atom stereocenters. The molecule has 3 aromatic carbocycles. The van der Waals surface area contributed by atoms with Gasteiger partial charge in [-0.2, -0.15) is 4.98 Å². The molecule has 174 valence electrons. The third kappa shape index (κ3) is 3.79. The summed E-state index contributed by atoms with van der Waals surface area (Å²) in [5.41, 5.74) is 3.90. The summed E-state index contributed by atoms with van der Waals surface area (Å²) in [6.45, 7) is 2.14. The zero-order valence-corrected chi connectivity index (χ0v) is 19.4. The summed E-state index contributed by atoms with van der Waals surface area (Å²) < 4.78 is 30.5. The van der Waals surface area contributed by atoms with Gasteiger partial charge in [-0.15, -0.1) is 0 Å². The van der Waals surface area contributed by atoms with Crippen LogP contribution in [0, 0.1) is 5.82 Å². The highest BCUT2D eigenvalue weighted by atomic mass is 32.1. The van der Waals surface area contributed by atoms with E-state index in [-0.39, 0.29) is 18.7 Å². The molecule has 0 saturated heterocycles. The fourth-order valence-corrected chi connectivity index (χ4v) is 4.69. The number of ether oxygens (including phenoxy) is 2. The van der Waals surface area contributed by atoms with Crippen molar-refractivity contribution in [2.75, 3.05) is 11.7 Å². The topological polar surface area (TPSA) is 72.7 Å². The zero-order chi connectivity index (χ0) is 23.9. The molecule has 0 spiro atoms. The van der Waals surface area contributed by atoms with E-state index in [2.05, 4.69) is 15.5 Å². The Kier molecular flexibility index (Phi) is 5.18. The Labute approximate surface area is 205 Å². The van der Waals surface area contributed by atoms with Crippen molar-refractivity contribution in [1.82, 2.24) is 15.5 Å².